The number of nitrogens with zero attached hydrogens (tertiary/aromatic N) is 1. The molecule has 4 rings (SSSR count). The van der Waals surface area contributed by atoms with Crippen molar-refractivity contribution >= 4 is 21.6 Å². The van der Waals surface area contributed by atoms with Gasteiger partial charge in [0, 0.05) is 11.6 Å². The average molecular weight is 286 g/mol. The Morgan fingerprint density at radius 2 is 1.38 bits per heavy atom. The second kappa shape index (κ2) is 5.15. The lowest BCUT2D eigenvalue weighted by molar-refractivity contribution is 1.47. The maximum absolute atomic E-state index is 4.73. The van der Waals surface area contributed by atoms with Crippen molar-refractivity contribution in [3.8, 4) is 21.7 Å². The minimum atomic E-state index is 0.945. The molecule has 0 saturated carbocycles. The molecule has 0 saturated heterocycles. The quantitative estimate of drug-likeness (QED) is 0.479. The van der Waals surface area contributed by atoms with Gasteiger partial charge in [0.1, 0.15) is 5.01 Å². The van der Waals surface area contributed by atoms with Gasteiger partial charge in [0.25, 0.3) is 0 Å². The molecule has 2 heteroatoms. The van der Waals surface area contributed by atoms with Crippen LogP contribution < -0.4 is 0 Å². The normalized spacial score (nSPS) is 10.9. The number of hydrogen-bond donors (Lipinski definition) is 0. The fourth-order valence-corrected chi connectivity index (χ4v) is 3.28. The molecule has 1 aromatic heterocycles. The summed E-state index contributed by atoms with van der Waals surface area (Å²) in [5.74, 6) is 0. The molecule has 0 unspecified atom stereocenters. The summed E-state index contributed by atoms with van der Waals surface area (Å²) in [6.45, 7) is 0. The Bertz CT molecular complexity index is 842. The van der Waals surface area contributed by atoms with Crippen LogP contribution in [0.1, 0.15) is 0 Å². The summed E-state index contributed by atoms with van der Waals surface area (Å²) in [5, 5.41) is 1.05. The van der Waals surface area contributed by atoms with E-state index in [9.17, 15) is 0 Å². The van der Waals surface area contributed by atoms with E-state index in [1.807, 2.05) is 36.4 Å². The van der Waals surface area contributed by atoms with Gasteiger partial charge in [-0.25, -0.2) is 4.98 Å². The largest absolute Gasteiger partial charge is 0.235 e. The van der Waals surface area contributed by atoms with Gasteiger partial charge >= 0.3 is 0 Å². The molecule has 99 valence electrons. The number of rotatable bonds is 2. The summed E-state index contributed by atoms with van der Waals surface area (Å²) in [6, 6.07) is 28.3. The molecular formula is C19H12NS. The van der Waals surface area contributed by atoms with Gasteiger partial charge in [-0.2, -0.15) is 0 Å². The van der Waals surface area contributed by atoms with Gasteiger partial charge in [-0.3, -0.25) is 0 Å². The third-order valence-corrected chi connectivity index (χ3v) is 4.48. The van der Waals surface area contributed by atoms with Crippen LogP contribution in [0.25, 0.3) is 31.9 Å². The van der Waals surface area contributed by atoms with Crippen molar-refractivity contribution < 1.29 is 0 Å². The van der Waals surface area contributed by atoms with E-state index >= 15 is 0 Å². The van der Waals surface area contributed by atoms with E-state index in [-0.39, 0.29) is 0 Å². The Balaban J connectivity index is 1.82. The summed E-state index contributed by atoms with van der Waals surface area (Å²) >= 11 is 1.71. The molecule has 4 aromatic rings. The molecule has 0 N–H and O–H groups in total. The molecule has 0 aliphatic heterocycles. The summed E-state index contributed by atoms with van der Waals surface area (Å²) in [5.41, 5.74) is 4.37. The molecular weight excluding hydrogens is 274 g/mol. The predicted octanol–water partition coefficient (Wildman–Crippen LogP) is 5.43. The highest BCUT2D eigenvalue weighted by atomic mass is 32.1. The predicted molar refractivity (Wildman–Crippen MR) is 89.3 cm³/mol. The van der Waals surface area contributed by atoms with Crippen LogP contribution in [-0.4, -0.2) is 4.98 Å². The van der Waals surface area contributed by atoms with Crippen molar-refractivity contribution in [2.75, 3.05) is 0 Å². The third kappa shape index (κ3) is 2.34. The minimum absolute atomic E-state index is 0.945. The fourth-order valence-electron chi connectivity index (χ4n) is 2.35. The van der Waals surface area contributed by atoms with E-state index in [1.165, 1.54) is 10.3 Å². The lowest BCUT2D eigenvalue weighted by Crippen LogP contribution is -1.78. The first-order chi connectivity index (χ1) is 10.4. The summed E-state index contributed by atoms with van der Waals surface area (Å²) in [7, 11) is 0. The third-order valence-electron chi connectivity index (χ3n) is 3.41. The molecule has 0 spiro atoms. The zero-order chi connectivity index (χ0) is 14.1. The molecule has 1 nitrogen and oxygen atoms in total. The monoisotopic (exact) mass is 286 g/mol. The van der Waals surface area contributed by atoms with Gasteiger partial charge < -0.3 is 0 Å². The standard InChI is InChI=1S/C19H12NS/c1-3-7-14(8-4-1)16-11-12-18-17(13-16)20-19(21-18)15-9-5-2-6-10-15/h1-12H. The second-order valence-corrected chi connectivity index (χ2v) is 5.87. The van der Waals surface area contributed by atoms with Crippen LogP contribution in [0.15, 0.2) is 72.8 Å². The van der Waals surface area contributed by atoms with Crippen molar-refractivity contribution in [1.29, 1.82) is 0 Å². The maximum Gasteiger partial charge on any atom is 0.124 e. The number of hydrogen-bond acceptors (Lipinski definition) is 2. The van der Waals surface area contributed by atoms with Gasteiger partial charge in [0.05, 0.1) is 10.2 Å². The van der Waals surface area contributed by atoms with E-state index < -0.39 is 0 Å². The van der Waals surface area contributed by atoms with E-state index in [2.05, 4.69) is 42.5 Å². The smallest absolute Gasteiger partial charge is 0.124 e. The topological polar surface area (TPSA) is 12.9 Å². The molecule has 0 amide bonds. The Morgan fingerprint density at radius 3 is 2.10 bits per heavy atom. The molecule has 1 heterocycles. The first-order valence-electron chi connectivity index (χ1n) is 6.84. The Hall–Kier alpha value is -2.45. The summed E-state index contributed by atoms with van der Waals surface area (Å²) in [6.07, 6.45) is 0. The van der Waals surface area contributed by atoms with Gasteiger partial charge in [0.15, 0.2) is 0 Å². The molecule has 0 bridgehead atoms. The number of thiazole rings is 1. The highest BCUT2D eigenvalue weighted by molar-refractivity contribution is 7.21. The van der Waals surface area contributed by atoms with Gasteiger partial charge in [-0.15, -0.1) is 11.3 Å². The van der Waals surface area contributed by atoms with E-state index in [0.29, 0.717) is 0 Å². The van der Waals surface area contributed by atoms with Crippen molar-refractivity contribution in [3.63, 3.8) is 0 Å². The highest BCUT2D eigenvalue weighted by Gasteiger charge is 2.07. The number of benzene rings is 3. The van der Waals surface area contributed by atoms with Crippen LogP contribution in [0.5, 0.6) is 0 Å². The maximum atomic E-state index is 4.73. The highest BCUT2D eigenvalue weighted by Crippen LogP contribution is 2.32. The lowest BCUT2D eigenvalue weighted by atomic mass is 10.1. The van der Waals surface area contributed by atoms with E-state index in [4.69, 9.17) is 4.98 Å². The molecule has 0 aliphatic rings. The second-order valence-electron chi connectivity index (χ2n) is 4.84. The lowest BCUT2D eigenvalue weighted by Gasteiger charge is -1.99. The van der Waals surface area contributed by atoms with Gasteiger partial charge in [0.2, 0.25) is 0 Å². The van der Waals surface area contributed by atoms with Crippen molar-refractivity contribution in [2.24, 2.45) is 0 Å². The zero-order valence-corrected chi connectivity index (χ0v) is 12.1. The Morgan fingerprint density at radius 1 is 0.714 bits per heavy atom. The van der Waals surface area contributed by atoms with Crippen LogP contribution in [0.3, 0.4) is 0 Å². The van der Waals surface area contributed by atoms with Gasteiger partial charge in [-0.05, 0) is 17.2 Å². The van der Waals surface area contributed by atoms with Crippen LogP contribution in [0.2, 0.25) is 0 Å². The fraction of sp³-hybridized carbons (Fsp3) is 0. The van der Waals surface area contributed by atoms with E-state index in [1.54, 1.807) is 11.3 Å². The summed E-state index contributed by atoms with van der Waals surface area (Å²) in [4.78, 5) is 4.73. The Labute approximate surface area is 127 Å². The Kier molecular flexibility index (Phi) is 3.02. The number of fused-ring (bicyclic) bond motifs is 1. The average Bonchev–Trinajstić information content (AvgIpc) is 2.99. The minimum Gasteiger partial charge on any atom is -0.235 e. The van der Waals surface area contributed by atoms with Crippen LogP contribution in [-0.2, 0) is 0 Å². The van der Waals surface area contributed by atoms with Gasteiger partial charge in [-0.1, -0.05) is 66.7 Å². The molecule has 3 aromatic carbocycles. The van der Waals surface area contributed by atoms with Crippen LogP contribution >= 0.6 is 11.3 Å². The zero-order valence-electron chi connectivity index (χ0n) is 11.3. The van der Waals surface area contributed by atoms with Crippen molar-refractivity contribution in [1.82, 2.24) is 4.98 Å². The first kappa shape index (κ1) is 12.3. The molecule has 1 radical (unpaired) electrons. The number of aromatic nitrogens is 1. The SMILES string of the molecule is [c]1c(-c2ccccc2)ccc2sc(-c3ccccc3)nc12. The molecule has 0 aliphatic carbocycles. The van der Waals surface area contributed by atoms with Crippen molar-refractivity contribution in [2.45, 2.75) is 0 Å². The van der Waals surface area contributed by atoms with Crippen molar-refractivity contribution in [3.05, 3.63) is 78.9 Å². The van der Waals surface area contributed by atoms with Crippen LogP contribution in [0, 0.1) is 6.07 Å². The van der Waals surface area contributed by atoms with E-state index in [0.717, 1.165) is 21.7 Å². The molecule has 0 fully saturated rings. The molecule has 0 atom stereocenters. The van der Waals surface area contributed by atoms with Crippen LogP contribution in [0.4, 0.5) is 0 Å². The summed E-state index contributed by atoms with van der Waals surface area (Å²) < 4.78 is 1.17. The first-order valence-corrected chi connectivity index (χ1v) is 7.65. The molecule has 21 heavy (non-hydrogen) atoms.